The number of nitriles is 1. The van der Waals surface area contributed by atoms with Crippen molar-refractivity contribution >= 4 is 18.0 Å². The lowest BCUT2D eigenvalue weighted by molar-refractivity contribution is -0.138. The summed E-state index contributed by atoms with van der Waals surface area (Å²) < 4.78 is 5.60. The lowest BCUT2D eigenvalue weighted by Crippen LogP contribution is -2.48. The number of hydrogen-bond acceptors (Lipinski definition) is 5. The van der Waals surface area contributed by atoms with Gasteiger partial charge >= 0.3 is 12.1 Å². The maximum Gasteiger partial charge on any atom is 0.407 e. The van der Waals surface area contributed by atoms with Crippen molar-refractivity contribution in [3.8, 4) is 17.2 Å². The van der Waals surface area contributed by atoms with Crippen LogP contribution in [-0.4, -0.2) is 53.7 Å². The van der Waals surface area contributed by atoms with Crippen LogP contribution >= 0.6 is 0 Å². The van der Waals surface area contributed by atoms with Crippen LogP contribution in [0.2, 0.25) is 0 Å². The highest BCUT2D eigenvalue weighted by molar-refractivity contribution is 5.86. The monoisotopic (exact) mass is 475 g/mol. The van der Waals surface area contributed by atoms with Crippen molar-refractivity contribution < 1.29 is 24.2 Å². The highest BCUT2D eigenvalue weighted by atomic mass is 16.5. The number of benzene rings is 2. The Labute approximate surface area is 204 Å². The molecule has 2 unspecified atom stereocenters. The van der Waals surface area contributed by atoms with E-state index in [-0.39, 0.29) is 37.2 Å². The van der Waals surface area contributed by atoms with Crippen LogP contribution in [0.1, 0.15) is 49.1 Å². The van der Waals surface area contributed by atoms with Gasteiger partial charge in [-0.2, -0.15) is 5.26 Å². The number of likely N-dealkylation sites (tertiary alicyclic amines) is 1. The van der Waals surface area contributed by atoms with Gasteiger partial charge in [-0.1, -0.05) is 48.5 Å². The molecular formula is C27H29N3O5. The summed E-state index contributed by atoms with van der Waals surface area (Å²) >= 11 is 0. The molecule has 1 saturated heterocycles. The van der Waals surface area contributed by atoms with E-state index in [9.17, 15) is 14.4 Å². The SMILES string of the molecule is N#CCCCC(NC(=O)OCC1c2ccccc2-c2ccccc21)C(=O)N1CCC(CC(=O)O)C1. The average Bonchev–Trinajstić information content (AvgIpc) is 3.44. The van der Waals surface area contributed by atoms with E-state index in [1.54, 1.807) is 4.90 Å². The molecular weight excluding hydrogens is 446 g/mol. The van der Waals surface area contributed by atoms with Gasteiger partial charge in [0.1, 0.15) is 12.6 Å². The molecule has 2 atom stereocenters. The van der Waals surface area contributed by atoms with Gasteiger partial charge in [0.2, 0.25) is 5.91 Å². The quantitative estimate of drug-likeness (QED) is 0.531. The summed E-state index contributed by atoms with van der Waals surface area (Å²) in [6.45, 7) is 0.952. The Kier molecular flexibility index (Phi) is 7.66. The summed E-state index contributed by atoms with van der Waals surface area (Å²) in [5.41, 5.74) is 4.47. The van der Waals surface area contributed by atoms with Gasteiger partial charge in [0.05, 0.1) is 6.07 Å². The molecule has 1 aliphatic carbocycles. The highest BCUT2D eigenvalue weighted by Crippen LogP contribution is 2.44. The zero-order valence-electron chi connectivity index (χ0n) is 19.5. The summed E-state index contributed by atoms with van der Waals surface area (Å²) in [7, 11) is 0. The van der Waals surface area contributed by atoms with Crippen molar-refractivity contribution in [2.24, 2.45) is 5.92 Å². The number of carbonyl (C=O) groups excluding carboxylic acids is 2. The maximum absolute atomic E-state index is 13.1. The fraction of sp³-hybridized carbons (Fsp3) is 0.407. The first kappa shape index (κ1) is 24.3. The fourth-order valence-electron chi connectivity index (χ4n) is 5.09. The number of unbranched alkanes of at least 4 members (excludes halogenated alkanes) is 1. The van der Waals surface area contributed by atoms with Crippen molar-refractivity contribution in [2.45, 2.75) is 44.1 Å². The van der Waals surface area contributed by atoms with Crippen LogP contribution in [0.5, 0.6) is 0 Å². The largest absolute Gasteiger partial charge is 0.481 e. The van der Waals surface area contributed by atoms with Crippen LogP contribution in [0.4, 0.5) is 4.79 Å². The van der Waals surface area contributed by atoms with Crippen LogP contribution in [-0.2, 0) is 14.3 Å². The molecule has 1 aliphatic heterocycles. The molecule has 35 heavy (non-hydrogen) atoms. The molecule has 1 heterocycles. The average molecular weight is 476 g/mol. The third-order valence-corrected chi connectivity index (χ3v) is 6.78. The Balaban J connectivity index is 1.39. The zero-order valence-corrected chi connectivity index (χ0v) is 19.5. The van der Waals surface area contributed by atoms with Crippen molar-refractivity contribution in [3.05, 3.63) is 59.7 Å². The van der Waals surface area contributed by atoms with Crippen LogP contribution in [0.25, 0.3) is 11.1 Å². The second-order valence-corrected chi connectivity index (χ2v) is 9.11. The number of aliphatic carboxylic acids is 1. The third-order valence-electron chi connectivity index (χ3n) is 6.78. The summed E-state index contributed by atoms with van der Waals surface area (Å²) in [5.74, 6) is -1.32. The molecule has 0 aromatic heterocycles. The number of ether oxygens (including phenoxy) is 1. The number of carboxylic acids is 1. The number of fused-ring (bicyclic) bond motifs is 3. The Hall–Kier alpha value is -3.86. The molecule has 4 rings (SSSR count). The molecule has 2 aromatic rings. The maximum atomic E-state index is 13.1. The Morgan fingerprint density at radius 1 is 1.11 bits per heavy atom. The van der Waals surface area contributed by atoms with E-state index >= 15 is 0 Å². The second-order valence-electron chi connectivity index (χ2n) is 9.11. The summed E-state index contributed by atoms with van der Waals surface area (Å²) in [5, 5.41) is 20.6. The van der Waals surface area contributed by atoms with E-state index in [1.807, 2.05) is 36.4 Å². The summed E-state index contributed by atoms with van der Waals surface area (Å²) in [4.78, 5) is 38.5. The number of carbonyl (C=O) groups is 3. The van der Waals surface area contributed by atoms with E-state index in [2.05, 4.69) is 23.5 Å². The van der Waals surface area contributed by atoms with Crippen molar-refractivity contribution in [1.29, 1.82) is 5.26 Å². The van der Waals surface area contributed by atoms with Gasteiger partial charge in [-0.3, -0.25) is 9.59 Å². The van der Waals surface area contributed by atoms with E-state index < -0.39 is 18.1 Å². The van der Waals surface area contributed by atoms with Gasteiger partial charge in [0.25, 0.3) is 0 Å². The van der Waals surface area contributed by atoms with Crippen LogP contribution in [0, 0.1) is 17.2 Å². The molecule has 8 heteroatoms. The lowest BCUT2D eigenvalue weighted by Gasteiger charge is -2.24. The predicted octanol–water partition coefficient (Wildman–Crippen LogP) is 3.91. The topological polar surface area (TPSA) is 120 Å². The number of amides is 2. The third kappa shape index (κ3) is 5.62. The van der Waals surface area contributed by atoms with E-state index in [0.29, 0.717) is 32.4 Å². The van der Waals surface area contributed by atoms with Crippen LogP contribution < -0.4 is 5.32 Å². The molecule has 1 fully saturated rings. The van der Waals surface area contributed by atoms with E-state index in [1.165, 1.54) is 0 Å². The molecule has 2 aromatic carbocycles. The zero-order chi connectivity index (χ0) is 24.8. The molecule has 2 N–H and O–H groups in total. The molecule has 0 radical (unpaired) electrons. The Morgan fingerprint density at radius 2 is 1.77 bits per heavy atom. The number of nitrogens with zero attached hydrogens (tertiary/aromatic N) is 2. The highest BCUT2D eigenvalue weighted by Gasteiger charge is 2.33. The smallest absolute Gasteiger partial charge is 0.407 e. The first-order valence-corrected chi connectivity index (χ1v) is 12.0. The minimum Gasteiger partial charge on any atom is -0.481 e. The molecule has 0 saturated carbocycles. The van der Waals surface area contributed by atoms with Crippen molar-refractivity contribution in [2.75, 3.05) is 19.7 Å². The summed E-state index contributed by atoms with van der Waals surface area (Å²) in [6, 6.07) is 17.4. The normalized spacial score (nSPS) is 17.2. The second kappa shape index (κ2) is 11.0. The van der Waals surface area contributed by atoms with Gasteiger partial charge in [0.15, 0.2) is 0 Å². The number of hydrogen-bond donors (Lipinski definition) is 2. The first-order valence-electron chi connectivity index (χ1n) is 12.0. The number of alkyl carbamates (subject to hydrolysis) is 1. The molecule has 8 nitrogen and oxygen atoms in total. The minimum atomic E-state index is -0.883. The van der Waals surface area contributed by atoms with E-state index in [0.717, 1.165) is 22.3 Å². The van der Waals surface area contributed by atoms with Crippen LogP contribution in [0.3, 0.4) is 0 Å². The van der Waals surface area contributed by atoms with Crippen molar-refractivity contribution in [1.82, 2.24) is 10.2 Å². The van der Waals surface area contributed by atoms with Gasteiger partial charge < -0.3 is 20.1 Å². The molecule has 0 bridgehead atoms. The van der Waals surface area contributed by atoms with E-state index in [4.69, 9.17) is 15.1 Å². The first-order chi connectivity index (χ1) is 17.0. The van der Waals surface area contributed by atoms with Gasteiger partial charge in [0, 0.05) is 31.8 Å². The minimum absolute atomic E-state index is 0.0166. The Morgan fingerprint density at radius 3 is 2.40 bits per heavy atom. The standard InChI is InChI=1S/C27H29N3O5/c28-13-6-5-11-24(26(33)30-14-12-18(16-30)15-25(31)32)29-27(34)35-17-23-21-9-3-1-7-19(21)20-8-2-4-10-22(20)23/h1-4,7-10,18,23-24H,5-6,11-12,14-17H2,(H,29,34)(H,31,32). The molecule has 2 aliphatic rings. The van der Waals surface area contributed by atoms with Crippen LogP contribution in [0.15, 0.2) is 48.5 Å². The molecule has 2 amide bonds. The number of nitrogens with one attached hydrogen (secondary N) is 1. The fourth-order valence-corrected chi connectivity index (χ4v) is 5.09. The van der Waals surface area contributed by atoms with Gasteiger partial charge in [-0.05, 0) is 47.4 Å². The number of rotatable bonds is 9. The molecule has 0 spiro atoms. The Bertz CT molecular complexity index is 1100. The van der Waals surface area contributed by atoms with Gasteiger partial charge in [-0.25, -0.2) is 4.79 Å². The van der Waals surface area contributed by atoms with Gasteiger partial charge in [-0.15, -0.1) is 0 Å². The van der Waals surface area contributed by atoms with Crippen molar-refractivity contribution in [3.63, 3.8) is 0 Å². The lowest BCUT2D eigenvalue weighted by atomic mass is 9.98. The summed E-state index contributed by atoms with van der Waals surface area (Å²) in [6.07, 6.45) is 1.01. The number of carboxylic acid groups (broad SMARTS) is 1. The molecule has 182 valence electrons. The predicted molar refractivity (Wildman–Crippen MR) is 128 cm³/mol.